The van der Waals surface area contributed by atoms with Gasteiger partial charge in [-0.1, -0.05) is 60.5 Å². The summed E-state index contributed by atoms with van der Waals surface area (Å²) in [5.41, 5.74) is 2.57. The molecule has 25 heavy (non-hydrogen) atoms. The van der Waals surface area contributed by atoms with Gasteiger partial charge in [-0.05, 0) is 31.0 Å². The number of nitrogens with one attached hydrogen (secondary N) is 1. The number of hydrogen-bond acceptors (Lipinski definition) is 3. The molecule has 5 heteroatoms. The van der Waals surface area contributed by atoms with Gasteiger partial charge in [0.2, 0.25) is 0 Å². The number of carbonyl (C=O) groups excluding carboxylic acids is 1. The maximum atomic E-state index is 12.3. The Bertz CT molecular complexity index is 676. The molecule has 0 fully saturated rings. The van der Waals surface area contributed by atoms with Crippen LogP contribution in [0.2, 0.25) is 5.02 Å². The maximum absolute atomic E-state index is 12.3. The van der Waals surface area contributed by atoms with Crippen LogP contribution >= 0.6 is 23.4 Å². The molecule has 0 saturated heterocycles. The minimum Gasteiger partial charge on any atom is -0.479 e. The van der Waals surface area contributed by atoms with Crippen molar-refractivity contribution in [3.8, 4) is 5.75 Å². The average molecular weight is 378 g/mol. The molecule has 0 aliphatic rings. The number of aryl methyl sites for hydroxylation is 1. The summed E-state index contributed by atoms with van der Waals surface area (Å²) < 4.78 is 5.74. The zero-order valence-corrected chi connectivity index (χ0v) is 16.2. The van der Waals surface area contributed by atoms with E-state index in [1.165, 1.54) is 11.1 Å². The molecule has 1 amide bonds. The Morgan fingerprint density at radius 3 is 2.60 bits per heavy atom. The molecule has 134 valence electrons. The molecule has 2 rings (SSSR count). The first-order valence-electron chi connectivity index (χ1n) is 8.42. The number of ether oxygens (including phenoxy) is 1. The van der Waals surface area contributed by atoms with Crippen molar-refractivity contribution in [3.05, 3.63) is 64.7 Å². The van der Waals surface area contributed by atoms with E-state index >= 15 is 0 Å². The maximum Gasteiger partial charge on any atom is 0.261 e. The van der Waals surface area contributed by atoms with Crippen LogP contribution in [0, 0.1) is 6.92 Å². The summed E-state index contributed by atoms with van der Waals surface area (Å²) in [7, 11) is 0. The summed E-state index contributed by atoms with van der Waals surface area (Å²) >= 11 is 7.89. The number of thioether (sulfide) groups is 1. The summed E-state index contributed by atoms with van der Waals surface area (Å²) in [5, 5.41) is 3.46. The smallest absolute Gasteiger partial charge is 0.261 e. The minimum absolute atomic E-state index is 0.0987. The summed E-state index contributed by atoms with van der Waals surface area (Å²) in [6.07, 6.45) is 0.0649. The number of rotatable bonds is 9. The summed E-state index contributed by atoms with van der Waals surface area (Å²) in [4.78, 5) is 12.3. The zero-order chi connectivity index (χ0) is 18.1. The second kappa shape index (κ2) is 10.4. The largest absolute Gasteiger partial charge is 0.479 e. The summed E-state index contributed by atoms with van der Waals surface area (Å²) in [5.74, 6) is 2.25. The van der Waals surface area contributed by atoms with Gasteiger partial charge in [-0.25, -0.2) is 0 Å². The van der Waals surface area contributed by atoms with E-state index < -0.39 is 6.10 Å². The zero-order valence-electron chi connectivity index (χ0n) is 14.6. The number of halogens is 1. The highest BCUT2D eigenvalue weighted by molar-refractivity contribution is 7.98. The fraction of sp³-hybridized carbons (Fsp3) is 0.350. The molecule has 0 saturated carbocycles. The first kappa shape index (κ1) is 19.7. The monoisotopic (exact) mass is 377 g/mol. The predicted molar refractivity (Wildman–Crippen MR) is 107 cm³/mol. The molecule has 1 atom stereocenters. The molecule has 1 N–H and O–H groups in total. The third-order valence-corrected chi connectivity index (χ3v) is 5.05. The van der Waals surface area contributed by atoms with Gasteiger partial charge in [-0.15, -0.1) is 0 Å². The van der Waals surface area contributed by atoms with Crippen LogP contribution in [-0.2, 0) is 10.5 Å². The van der Waals surface area contributed by atoms with E-state index in [0.717, 1.165) is 11.5 Å². The van der Waals surface area contributed by atoms with E-state index in [-0.39, 0.29) is 5.91 Å². The molecule has 0 aliphatic heterocycles. The van der Waals surface area contributed by atoms with Crippen molar-refractivity contribution in [2.75, 3.05) is 12.3 Å². The molecule has 2 aromatic rings. The van der Waals surface area contributed by atoms with Gasteiger partial charge in [-0.3, -0.25) is 4.79 Å². The second-order valence-corrected chi connectivity index (χ2v) is 7.29. The Balaban J connectivity index is 1.71. The molecule has 3 nitrogen and oxygen atoms in total. The second-order valence-electron chi connectivity index (χ2n) is 5.77. The Morgan fingerprint density at radius 1 is 1.20 bits per heavy atom. The van der Waals surface area contributed by atoms with Crippen LogP contribution in [-0.4, -0.2) is 24.3 Å². The highest BCUT2D eigenvalue weighted by Gasteiger charge is 2.18. The Labute approximate surface area is 159 Å². The van der Waals surface area contributed by atoms with Crippen LogP contribution in [0.5, 0.6) is 5.75 Å². The van der Waals surface area contributed by atoms with E-state index in [4.69, 9.17) is 16.3 Å². The predicted octanol–water partition coefficient (Wildman–Crippen LogP) is 4.86. The Hall–Kier alpha value is -1.65. The van der Waals surface area contributed by atoms with E-state index in [1.807, 2.05) is 19.1 Å². The fourth-order valence-electron chi connectivity index (χ4n) is 2.25. The van der Waals surface area contributed by atoms with Gasteiger partial charge in [-0.2, -0.15) is 11.8 Å². The number of hydrogen-bond donors (Lipinski definition) is 1. The highest BCUT2D eigenvalue weighted by Crippen LogP contribution is 2.24. The van der Waals surface area contributed by atoms with Crippen molar-refractivity contribution in [1.29, 1.82) is 0 Å². The quantitative estimate of drug-likeness (QED) is 0.634. The van der Waals surface area contributed by atoms with Gasteiger partial charge in [0, 0.05) is 18.1 Å². The first-order chi connectivity index (χ1) is 12.1. The molecule has 2 aromatic carbocycles. The van der Waals surface area contributed by atoms with Crippen molar-refractivity contribution in [1.82, 2.24) is 5.32 Å². The molecule has 0 bridgehead atoms. The van der Waals surface area contributed by atoms with Crippen LogP contribution in [0.4, 0.5) is 0 Å². The third kappa shape index (κ3) is 6.63. The van der Waals surface area contributed by atoms with Gasteiger partial charge in [0.1, 0.15) is 5.75 Å². The molecular weight excluding hydrogens is 354 g/mol. The fourth-order valence-corrected chi connectivity index (χ4v) is 3.25. The molecular formula is C20H24ClNO2S. The van der Waals surface area contributed by atoms with Crippen LogP contribution in [0.1, 0.15) is 24.5 Å². The molecule has 0 spiro atoms. The number of carbonyl (C=O) groups is 1. The highest BCUT2D eigenvalue weighted by atomic mass is 35.5. The van der Waals surface area contributed by atoms with Crippen molar-refractivity contribution in [2.24, 2.45) is 0 Å². The van der Waals surface area contributed by atoms with Crippen molar-refractivity contribution < 1.29 is 9.53 Å². The van der Waals surface area contributed by atoms with Gasteiger partial charge in [0.05, 0.1) is 5.02 Å². The molecule has 0 aromatic heterocycles. The third-order valence-electron chi connectivity index (χ3n) is 3.70. The number of para-hydroxylation sites is 1. The van der Waals surface area contributed by atoms with E-state index in [1.54, 1.807) is 23.9 Å². The summed E-state index contributed by atoms with van der Waals surface area (Å²) in [6, 6.07) is 15.7. The van der Waals surface area contributed by atoms with Crippen LogP contribution < -0.4 is 10.1 Å². The lowest BCUT2D eigenvalue weighted by Crippen LogP contribution is -2.39. The lowest BCUT2D eigenvalue weighted by Gasteiger charge is -2.18. The van der Waals surface area contributed by atoms with Crippen molar-refractivity contribution in [2.45, 2.75) is 32.1 Å². The molecule has 0 heterocycles. The van der Waals surface area contributed by atoms with Crippen LogP contribution in [0.15, 0.2) is 48.5 Å². The Kier molecular flexibility index (Phi) is 8.16. The minimum atomic E-state index is -0.526. The van der Waals surface area contributed by atoms with Crippen molar-refractivity contribution >= 4 is 29.3 Å². The van der Waals surface area contributed by atoms with Gasteiger partial charge in [0.25, 0.3) is 5.91 Å². The van der Waals surface area contributed by atoms with E-state index in [0.29, 0.717) is 23.7 Å². The van der Waals surface area contributed by atoms with Gasteiger partial charge < -0.3 is 10.1 Å². The van der Waals surface area contributed by atoms with Crippen LogP contribution in [0.25, 0.3) is 0 Å². The van der Waals surface area contributed by atoms with Crippen molar-refractivity contribution in [3.63, 3.8) is 0 Å². The molecule has 0 aliphatic carbocycles. The topological polar surface area (TPSA) is 38.3 Å². The first-order valence-corrected chi connectivity index (χ1v) is 9.95. The standard InChI is InChI=1S/C20H24ClNO2S/c1-3-18(24-19-7-5-4-6-17(19)21)20(23)22-12-13-25-14-16-10-8-15(2)9-11-16/h4-11,18H,3,12-14H2,1-2H3,(H,22,23)/t18-/m1/s1. The molecule has 0 radical (unpaired) electrons. The van der Waals surface area contributed by atoms with Gasteiger partial charge >= 0.3 is 0 Å². The van der Waals surface area contributed by atoms with E-state index in [9.17, 15) is 4.79 Å². The average Bonchev–Trinajstić information content (AvgIpc) is 2.62. The SMILES string of the molecule is CC[C@@H](Oc1ccccc1Cl)C(=O)NCCSCc1ccc(C)cc1. The van der Waals surface area contributed by atoms with E-state index in [2.05, 4.69) is 36.5 Å². The van der Waals surface area contributed by atoms with Gasteiger partial charge in [0.15, 0.2) is 6.10 Å². The lowest BCUT2D eigenvalue weighted by molar-refractivity contribution is -0.127. The van der Waals surface area contributed by atoms with Crippen LogP contribution in [0.3, 0.4) is 0 Å². The number of amides is 1. The normalized spacial score (nSPS) is 11.8. The summed E-state index contributed by atoms with van der Waals surface area (Å²) in [6.45, 7) is 4.63. The Morgan fingerprint density at radius 2 is 1.92 bits per heavy atom. The molecule has 0 unspecified atom stereocenters. The lowest BCUT2D eigenvalue weighted by atomic mass is 10.2. The number of benzene rings is 2.